The number of alkyl halides is 3. The van der Waals surface area contributed by atoms with Gasteiger partial charge in [0.1, 0.15) is 5.82 Å². The Bertz CT molecular complexity index is 938. The van der Waals surface area contributed by atoms with Gasteiger partial charge in [-0.2, -0.15) is 13.2 Å². The molecule has 0 saturated carbocycles. The summed E-state index contributed by atoms with van der Waals surface area (Å²) in [6.45, 7) is 1.56. The van der Waals surface area contributed by atoms with Crippen LogP contribution in [0.25, 0.3) is 5.65 Å². The lowest BCUT2D eigenvalue weighted by atomic mass is 9.84. The number of piperidine rings is 1. The van der Waals surface area contributed by atoms with E-state index in [-0.39, 0.29) is 12.0 Å². The number of aromatic nitrogens is 5. The first kappa shape index (κ1) is 18.6. The second-order valence-electron chi connectivity index (χ2n) is 7.07. The van der Waals surface area contributed by atoms with Gasteiger partial charge in [0.2, 0.25) is 0 Å². The van der Waals surface area contributed by atoms with Crippen LogP contribution in [0.15, 0.2) is 36.4 Å². The first-order valence-electron chi connectivity index (χ1n) is 9.08. The third kappa shape index (κ3) is 3.77. The molecule has 28 heavy (non-hydrogen) atoms. The van der Waals surface area contributed by atoms with Crippen molar-refractivity contribution in [1.29, 1.82) is 0 Å². The number of fused-ring (bicyclic) bond motifs is 1. The molecule has 2 unspecified atom stereocenters. The van der Waals surface area contributed by atoms with Gasteiger partial charge < -0.3 is 5.32 Å². The van der Waals surface area contributed by atoms with Gasteiger partial charge in [0.05, 0.1) is 5.56 Å². The van der Waals surface area contributed by atoms with Crippen LogP contribution in [0.2, 0.25) is 0 Å². The number of likely N-dealkylation sites (tertiary alicyclic amines) is 1. The predicted molar refractivity (Wildman–Crippen MR) is 96.6 cm³/mol. The molecule has 2 atom stereocenters. The van der Waals surface area contributed by atoms with Crippen molar-refractivity contribution in [3.05, 3.63) is 47.5 Å². The molecule has 3 heterocycles. The molecule has 0 spiro atoms. The van der Waals surface area contributed by atoms with Gasteiger partial charge in [-0.15, -0.1) is 14.8 Å². The summed E-state index contributed by atoms with van der Waals surface area (Å²) >= 11 is 0. The van der Waals surface area contributed by atoms with Crippen molar-refractivity contribution >= 4 is 11.5 Å². The predicted octanol–water partition coefficient (Wildman–Crippen LogP) is 3.03. The van der Waals surface area contributed by atoms with Crippen molar-refractivity contribution < 1.29 is 13.2 Å². The van der Waals surface area contributed by atoms with Crippen LogP contribution >= 0.6 is 0 Å². The van der Waals surface area contributed by atoms with Crippen LogP contribution in [0, 0.1) is 5.92 Å². The Morgan fingerprint density at radius 2 is 1.93 bits per heavy atom. The maximum atomic E-state index is 12.9. The maximum absolute atomic E-state index is 12.9. The summed E-state index contributed by atoms with van der Waals surface area (Å²) in [6, 6.07) is 9.13. The van der Waals surface area contributed by atoms with Crippen LogP contribution in [0.5, 0.6) is 0 Å². The summed E-state index contributed by atoms with van der Waals surface area (Å²) < 4.78 is 40.0. The molecule has 1 saturated heterocycles. The number of hydrogen-bond donors (Lipinski definition) is 1. The fourth-order valence-corrected chi connectivity index (χ4v) is 3.85. The quantitative estimate of drug-likeness (QED) is 0.737. The number of halogens is 3. The highest BCUT2D eigenvalue weighted by molar-refractivity contribution is 5.42. The Morgan fingerprint density at radius 1 is 1.14 bits per heavy atom. The van der Waals surface area contributed by atoms with Crippen LogP contribution in [0.1, 0.15) is 30.0 Å². The molecule has 1 aromatic carbocycles. The van der Waals surface area contributed by atoms with Crippen LogP contribution in [0.3, 0.4) is 0 Å². The second kappa shape index (κ2) is 7.34. The summed E-state index contributed by atoms with van der Waals surface area (Å²) in [4.78, 5) is 2.20. The monoisotopic (exact) mass is 391 g/mol. The molecule has 4 rings (SSSR count). The molecule has 7 nitrogen and oxygen atoms in total. The van der Waals surface area contributed by atoms with E-state index in [4.69, 9.17) is 0 Å². The minimum absolute atomic E-state index is 0.0419. The number of hydrogen-bond acceptors (Lipinski definition) is 6. The van der Waals surface area contributed by atoms with Crippen LogP contribution < -0.4 is 5.32 Å². The van der Waals surface area contributed by atoms with Crippen LogP contribution in [-0.2, 0) is 6.18 Å². The maximum Gasteiger partial charge on any atom is 0.416 e. The first-order valence-corrected chi connectivity index (χ1v) is 9.08. The average Bonchev–Trinajstić information content (AvgIpc) is 3.13. The van der Waals surface area contributed by atoms with Crippen LogP contribution in [0.4, 0.5) is 19.0 Å². The lowest BCUT2D eigenvalue weighted by Crippen LogP contribution is -2.39. The fourth-order valence-electron chi connectivity index (χ4n) is 3.85. The topological polar surface area (TPSA) is 71.2 Å². The summed E-state index contributed by atoms with van der Waals surface area (Å²) in [5.41, 5.74) is 0.833. The van der Waals surface area contributed by atoms with Gasteiger partial charge in [-0.05, 0) is 72.6 Å². The highest BCUT2D eigenvalue weighted by Crippen LogP contribution is 2.37. The lowest BCUT2D eigenvalue weighted by molar-refractivity contribution is -0.137. The Balaban J connectivity index is 1.51. The van der Waals surface area contributed by atoms with Gasteiger partial charge in [-0.25, -0.2) is 0 Å². The Labute approximate surface area is 159 Å². The molecule has 0 radical (unpaired) electrons. The molecule has 3 aromatic rings. The number of rotatable bonds is 4. The average molecular weight is 391 g/mol. The van der Waals surface area contributed by atoms with E-state index in [0.29, 0.717) is 18.0 Å². The summed E-state index contributed by atoms with van der Waals surface area (Å²) in [6.07, 6.45) is -2.30. The Kier molecular flexibility index (Phi) is 4.88. The summed E-state index contributed by atoms with van der Waals surface area (Å²) in [7, 11) is 2.01. The van der Waals surface area contributed by atoms with E-state index in [1.165, 1.54) is 4.63 Å². The third-order valence-corrected chi connectivity index (χ3v) is 5.20. The SMILES string of the molecule is CN1CCCC(CNc2ccc3nnnn3n2)C1c1ccc(C(F)(F)F)cc1. The van der Waals surface area contributed by atoms with E-state index >= 15 is 0 Å². The summed E-state index contributed by atoms with van der Waals surface area (Å²) in [5, 5.41) is 18.8. The Hall–Kier alpha value is -2.75. The van der Waals surface area contributed by atoms with Gasteiger partial charge in [0.25, 0.3) is 0 Å². The van der Waals surface area contributed by atoms with E-state index in [2.05, 4.69) is 30.8 Å². The van der Waals surface area contributed by atoms with Crippen molar-refractivity contribution in [2.24, 2.45) is 5.92 Å². The molecule has 10 heteroatoms. The standard InChI is InChI=1S/C18H20F3N7/c1-27-10-2-3-13(11-22-15-8-9-16-23-25-26-28(16)24-15)17(27)12-4-6-14(7-5-12)18(19,20)21/h4-9,13,17H,2-3,10-11H2,1H3,(H,22,24). The van der Waals surface area contributed by atoms with Gasteiger partial charge in [-0.1, -0.05) is 12.1 Å². The number of nitrogens with zero attached hydrogens (tertiary/aromatic N) is 6. The zero-order valence-corrected chi connectivity index (χ0v) is 15.3. The van der Waals surface area contributed by atoms with Crippen molar-refractivity contribution in [2.75, 3.05) is 25.5 Å². The number of tetrazole rings is 1. The second-order valence-corrected chi connectivity index (χ2v) is 7.07. The largest absolute Gasteiger partial charge is 0.416 e. The summed E-state index contributed by atoms with van der Waals surface area (Å²) in [5.74, 6) is 0.890. The first-order chi connectivity index (χ1) is 13.4. The lowest BCUT2D eigenvalue weighted by Gasteiger charge is -2.39. The van der Waals surface area contributed by atoms with E-state index in [9.17, 15) is 13.2 Å². The van der Waals surface area contributed by atoms with Crippen molar-refractivity contribution in [2.45, 2.75) is 25.1 Å². The minimum atomic E-state index is -4.32. The van der Waals surface area contributed by atoms with E-state index in [0.717, 1.165) is 37.1 Å². The normalized spacial score (nSPS) is 21.1. The zero-order valence-electron chi connectivity index (χ0n) is 15.3. The molecule has 2 aromatic heterocycles. The molecular formula is C18H20F3N7. The molecule has 1 aliphatic rings. The van der Waals surface area contributed by atoms with Crippen LogP contribution in [-0.4, -0.2) is 50.3 Å². The van der Waals surface area contributed by atoms with Crippen molar-refractivity contribution in [3.8, 4) is 0 Å². The highest BCUT2D eigenvalue weighted by Gasteiger charge is 2.33. The molecule has 1 aliphatic heterocycles. The van der Waals surface area contributed by atoms with Crippen molar-refractivity contribution in [1.82, 2.24) is 30.2 Å². The molecular weight excluding hydrogens is 371 g/mol. The molecule has 0 bridgehead atoms. The molecule has 0 amide bonds. The Morgan fingerprint density at radius 3 is 2.68 bits per heavy atom. The molecule has 1 fully saturated rings. The smallest absolute Gasteiger partial charge is 0.368 e. The number of anilines is 1. The minimum Gasteiger partial charge on any atom is -0.368 e. The van der Waals surface area contributed by atoms with E-state index in [1.807, 2.05) is 13.1 Å². The van der Waals surface area contributed by atoms with Gasteiger partial charge >= 0.3 is 6.18 Å². The molecule has 148 valence electrons. The van der Waals surface area contributed by atoms with E-state index < -0.39 is 11.7 Å². The highest BCUT2D eigenvalue weighted by atomic mass is 19.4. The number of benzene rings is 1. The zero-order chi connectivity index (χ0) is 19.7. The van der Waals surface area contributed by atoms with Gasteiger partial charge in [0.15, 0.2) is 5.65 Å². The van der Waals surface area contributed by atoms with E-state index in [1.54, 1.807) is 18.2 Å². The third-order valence-electron chi connectivity index (χ3n) is 5.20. The number of nitrogens with one attached hydrogen (secondary N) is 1. The van der Waals surface area contributed by atoms with Gasteiger partial charge in [0, 0.05) is 12.6 Å². The fraction of sp³-hybridized carbons (Fsp3) is 0.444. The van der Waals surface area contributed by atoms with Crippen molar-refractivity contribution in [3.63, 3.8) is 0 Å². The molecule has 1 N–H and O–H groups in total. The van der Waals surface area contributed by atoms with Gasteiger partial charge in [-0.3, -0.25) is 4.90 Å². The molecule has 0 aliphatic carbocycles.